The van der Waals surface area contributed by atoms with E-state index in [9.17, 15) is 9.90 Å². The smallest absolute Gasteiger partial charge is 0.244 e. The summed E-state index contributed by atoms with van der Waals surface area (Å²) < 4.78 is 6.76. The van der Waals surface area contributed by atoms with E-state index in [4.69, 9.17) is 4.42 Å². The van der Waals surface area contributed by atoms with E-state index >= 15 is 0 Å². The Morgan fingerprint density at radius 3 is 2.82 bits per heavy atom. The van der Waals surface area contributed by atoms with Crippen molar-refractivity contribution in [3.05, 3.63) is 72.7 Å². The number of rotatable bonds is 5. The zero-order valence-corrected chi connectivity index (χ0v) is 11.7. The molecular weight excluding hydrogens is 282 g/mol. The fourth-order valence-corrected chi connectivity index (χ4v) is 2.15. The summed E-state index contributed by atoms with van der Waals surface area (Å²) >= 11 is 0. The number of hydrogen-bond acceptors (Lipinski definition) is 4. The van der Waals surface area contributed by atoms with Gasteiger partial charge in [-0.3, -0.25) is 4.79 Å². The highest BCUT2D eigenvalue weighted by molar-refractivity contribution is 5.90. The largest absolute Gasteiger partial charge is 0.466 e. The maximum atomic E-state index is 12.1. The van der Waals surface area contributed by atoms with Gasteiger partial charge in [0.15, 0.2) is 6.10 Å². The molecule has 0 fully saturated rings. The van der Waals surface area contributed by atoms with Crippen molar-refractivity contribution in [2.45, 2.75) is 12.6 Å². The Balaban J connectivity index is 1.71. The highest BCUT2D eigenvalue weighted by atomic mass is 16.4. The zero-order valence-electron chi connectivity index (χ0n) is 11.7. The minimum Gasteiger partial charge on any atom is -0.466 e. The molecule has 2 heterocycles. The molecule has 2 aromatic heterocycles. The van der Waals surface area contributed by atoms with Gasteiger partial charge in [-0.25, -0.2) is 4.98 Å². The van der Waals surface area contributed by atoms with Crippen LogP contribution in [0.1, 0.15) is 17.7 Å². The summed E-state index contributed by atoms with van der Waals surface area (Å²) in [5, 5.41) is 13.0. The normalized spacial score (nSPS) is 12.0. The van der Waals surface area contributed by atoms with Crippen LogP contribution < -0.4 is 5.32 Å². The molecule has 0 aliphatic carbocycles. The highest BCUT2D eigenvalue weighted by Crippen LogP contribution is 2.20. The van der Waals surface area contributed by atoms with Gasteiger partial charge >= 0.3 is 0 Å². The van der Waals surface area contributed by atoms with E-state index in [2.05, 4.69) is 10.3 Å². The summed E-state index contributed by atoms with van der Waals surface area (Å²) in [6, 6.07) is 12.5. The Labute approximate surface area is 127 Å². The molecule has 0 aliphatic heterocycles. The highest BCUT2D eigenvalue weighted by Gasteiger charge is 2.19. The first-order valence-electron chi connectivity index (χ1n) is 6.81. The van der Waals surface area contributed by atoms with E-state index in [0.29, 0.717) is 11.6 Å². The molecule has 0 saturated heterocycles. The third-order valence-electron chi connectivity index (χ3n) is 3.18. The third kappa shape index (κ3) is 3.07. The SMILES string of the molecule is O=C(Cn1ccnc1[C@H](O)c1ccco1)Nc1ccccc1. The number of aliphatic hydroxyl groups excluding tert-OH is 1. The lowest BCUT2D eigenvalue weighted by Gasteiger charge is -2.11. The number of anilines is 1. The Hall–Kier alpha value is -2.86. The van der Waals surface area contributed by atoms with E-state index in [-0.39, 0.29) is 12.5 Å². The molecule has 6 heteroatoms. The number of aromatic nitrogens is 2. The van der Waals surface area contributed by atoms with Crippen molar-refractivity contribution in [1.82, 2.24) is 9.55 Å². The number of hydrogen-bond donors (Lipinski definition) is 2. The van der Waals surface area contributed by atoms with Gasteiger partial charge in [0.2, 0.25) is 5.91 Å². The first-order chi connectivity index (χ1) is 10.7. The van der Waals surface area contributed by atoms with E-state index in [1.807, 2.05) is 30.3 Å². The number of nitrogens with one attached hydrogen (secondary N) is 1. The minimum absolute atomic E-state index is 0.0575. The van der Waals surface area contributed by atoms with Gasteiger partial charge in [-0.05, 0) is 24.3 Å². The number of carbonyl (C=O) groups is 1. The minimum atomic E-state index is -1.01. The van der Waals surface area contributed by atoms with Crippen LogP contribution in [-0.4, -0.2) is 20.6 Å². The molecule has 0 radical (unpaired) electrons. The number of aliphatic hydroxyl groups is 1. The monoisotopic (exact) mass is 297 g/mol. The summed E-state index contributed by atoms with van der Waals surface area (Å²) in [5.74, 6) is 0.547. The molecule has 6 nitrogen and oxygen atoms in total. The lowest BCUT2D eigenvalue weighted by Crippen LogP contribution is -2.21. The number of carbonyl (C=O) groups excluding carboxylic acids is 1. The molecule has 1 amide bonds. The first-order valence-corrected chi connectivity index (χ1v) is 6.81. The molecule has 0 bridgehead atoms. The molecule has 0 aliphatic rings. The van der Waals surface area contributed by atoms with Gasteiger partial charge in [0.05, 0.1) is 6.26 Å². The summed E-state index contributed by atoms with van der Waals surface area (Å²) in [4.78, 5) is 16.2. The van der Waals surface area contributed by atoms with Crippen LogP contribution in [0.4, 0.5) is 5.69 Å². The number of nitrogens with zero attached hydrogens (tertiary/aromatic N) is 2. The van der Waals surface area contributed by atoms with Crippen LogP contribution in [0.2, 0.25) is 0 Å². The maximum Gasteiger partial charge on any atom is 0.244 e. The average molecular weight is 297 g/mol. The van der Waals surface area contributed by atoms with Crippen LogP contribution in [0.25, 0.3) is 0 Å². The summed E-state index contributed by atoms with van der Waals surface area (Å²) in [6.07, 6.45) is 3.66. The number of imidazole rings is 1. The van der Waals surface area contributed by atoms with Crippen molar-refractivity contribution in [3.63, 3.8) is 0 Å². The van der Waals surface area contributed by atoms with Gasteiger partial charge in [0.25, 0.3) is 0 Å². The van der Waals surface area contributed by atoms with E-state index in [1.54, 1.807) is 22.9 Å². The molecule has 3 aromatic rings. The molecule has 1 atom stereocenters. The number of benzene rings is 1. The summed E-state index contributed by atoms with van der Waals surface area (Å²) in [6.45, 7) is 0.0575. The lowest BCUT2D eigenvalue weighted by molar-refractivity contribution is -0.116. The summed E-state index contributed by atoms with van der Waals surface area (Å²) in [5.41, 5.74) is 0.723. The molecule has 2 N–H and O–H groups in total. The molecule has 112 valence electrons. The van der Waals surface area contributed by atoms with Crippen LogP contribution in [0.15, 0.2) is 65.5 Å². The molecular formula is C16H15N3O3. The van der Waals surface area contributed by atoms with Crippen molar-refractivity contribution in [2.75, 3.05) is 5.32 Å². The average Bonchev–Trinajstić information content (AvgIpc) is 3.19. The van der Waals surface area contributed by atoms with Crippen molar-refractivity contribution >= 4 is 11.6 Å². The molecule has 0 spiro atoms. The van der Waals surface area contributed by atoms with Gasteiger partial charge in [0.1, 0.15) is 18.1 Å². The molecule has 0 saturated carbocycles. The maximum absolute atomic E-state index is 12.1. The Bertz CT molecular complexity index is 735. The van der Waals surface area contributed by atoms with Crippen molar-refractivity contribution in [1.29, 1.82) is 0 Å². The fourth-order valence-electron chi connectivity index (χ4n) is 2.15. The molecule has 22 heavy (non-hydrogen) atoms. The van der Waals surface area contributed by atoms with Gasteiger partial charge in [-0.15, -0.1) is 0 Å². The molecule has 3 rings (SSSR count). The number of furan rings is 1. The van der Waals surface area contributed by atoms with Crippen LogP contribution in [-0.2, 0) is 11.3 Å². The Kier molecular flexibility index (Phi) is 4.02. The Morgan fingerprint density at radius 1 is 1.27 bits per heavy atom. The quantitative estimate of drug-likeness (QED) is 0.756. The van der Waals surface area contributed by atoms with Crippen LogP contribution >= 0.6 is 0 Å². The number of amides is 1. The number of para-hydroxylation sites is 1. The van der Waals surface area contributed by atoms with Crippen LogP contribution in [0.3, 0.4) is 0 Å². The topological polar surface area (TPSA) is 80.3 Å². The second-order valence-corrected chi connectivity index (χ2v) is 4.75. The van der Waals surface area contributed by atoms with Crippen LogP contribution in [0.5, 0.6) is 0 Å². The van der Waals surface area contributed by atoms with Crippen LogP contribution in [0, 0.1) is 0 Å². The summed E-state index contributed by atoms with van der Waals surface area (Å²) in [7, 11) is 0. The zero-order chi connectivity index (χ0) is 15.4. The second kappa shape index (κ2) is 6.28. The first kappa shape index (κ1) is 14.1. The Morgan fingerprint density at radius 2 is 2.09 bits per heavy atom. The fraction of sp³-hybridized carbons (Fsp3) is 0.125. The molecule has 1 aromatic carbocycles. The van der Waals surface area contributed by atoms with E-state index < -0.39 is 6.10 Å². The van der Waals surface area contributed by atoms with E-state index in [1.165, 1.54) is 12.5 Å². The standard InChI is InChI=1S/C16H15N3O3/c20-14(18-12-5-2-1-3-6-12)11-19-9-8-17-16(19)15(21)13-7-4-10-22-13/h1-10,15,21H,11H2,(H,18,20)/t15-/m1/s1. The third-order valence-corrected chi connectivity index (χ3v) is 3.18. The van der Waals surface area contributed by atoms with Crippen molar-refractivity contribution < 1.29 is 14.3 Å². The predicted molar refractivity (Wildman–Crippen MR) is 80.1 cm³/mol. The van der Waals surface area contributed by atoms with Gasteiger partial charge in [-0.1, -0.05) is 18.2 Å². The predicted octanol–water partition coefficient (Wildman–Crippen LogP) is 2.20. The lowest BCUT2D eigenvalue weighted by atomic mass is 10.2. The van der Waals surface area contributed by atoms with Crippen molar-refractivity contribution in [3.8, 4) is 0 Å². The van der Waals surface area contributed by atoms with Crippen molar-refractivity contribution in [2.24, 2.45) is 0 Å². The van der Waals surface area contributed by atoms with Gasteiger partial charge in [0, 0.05) is 18.1 Å². The molecule has 0 unspecified atom stereocenters. The van der Waals surface area contributed by atoms with Gasteiger partial charge < -0.3 is 19.4 Å². The van der Waals surface area contributed by atoms with Gasteiger partial charge in [-0.2, -0.15) is 0 Å². The second-order valence-electron chi connectivity index (χ2n) is 4.75. The van der Waals surface area contributed by atoms with E-state index in [0.717, 1.165) is 5.69 Å².